The van der Waals surface area contributed by atoms with E-state index in [9.17, 15) is 24.7 Å². The van der Waals surface area contributed by atoms with Gasteiger partial charge in [0.2, 0.25) is 5.91 Å². The van der Waals surface area contributed by atoms with Crippen LogP contribution in [0.3, 0.4) is 0 Å². The summed E-state index contributed by atoms with van der Waals surface area (Å²) in [6, 6.07) is -1.54. The van der Waals surface area contributed by atoms with Gasteiger partial charge in [-0.05, 0) is 0 Å². The first-order valence-electron chi connectivity index (χ1n) is 5.91. The molecule has 1 amide bonds. The average Bonchev–Trinajstić information content (AvgIpc) is 2.35. The van der Waals surface area contributed by atoms with Crippen molar-refractivity contribution in [2.24, 2.45) is 0 Å². The van der Waals surface area contributed by atoms with E-state index < -0.39 is 57.6 Å². The largest absolute Gasteiger partial charge is 0.469 e. The molecule has 0 radical (unpaired) electrons. The third kappa shape index (κ3) is 4.74. The number of phosphoric ester groups is 1. The number of carbonyl (C=O) groups excluding carboxylic acids is 1. The number of phosphoric acid groups is 1. The van der Waals surface area contributed by atoms with Gasteiger partial charge in [-0.3, -0.25) is 9.32 Å². The van der Waals surface area contributed by atoms with Gasteiger partial charge in [0, 0.05) is 0 Å². The van der Waals surface area contributed by atoms with Crippen LogP contribution in [-0.2, 0) is 18.6 Å². The zero-order valence-corrected chi connectivity index (χ0v) is 10.8. The molecule has 0 aromatic heterocycles. The molecule has 2 unspecified atom stereocenters. The van der Waals surface area contributed by atoms with Crippen molar-refractivity contribution in [3.63, 3.8) is 0 Å². The summed E-state index contributed by atoms with van der Waals surface area (Å²) in [5.74, 6) is -1.24. The van der Waals surface area contributed by atoms with Crippen molar-refractivity contribution in [2.45, 2.75) is 30.6 Å². The lowest BCUT2D eigenvalue weighted by molar-refractivity contribution is -0.253. The molecule has 1 rings (SSSR count). The van der Waals surface area contributed by atoms with Gasteiger partial charge in [-0.1, -0.05) is 0 Å². The highest BCUT2D eigenvalue weighted by molar-refractivity contribution is 7.46. The Morgan fingerprint density at radius 2 is 1.95 bits per heavy atom. The summed E-state index contributed by atoms with van der Waals surface area (Å²) in [5, 5.41) is 39.6. The van der Waals surface area contributed by atoms with E-state index >= 15 is 0 Å². The number of nitrogens with one attached hydrogen (secondary N) is 1. The van der Waals surface area contributed by atoms with Gasteiger partial charge in [-0.15, -0.1) is 0 Å². The third-order valence-corrected chi connectivity index (χ3v) is 3.04. The second kappa shape index (κ2) is 6.89. The predicted octanol–water partition coefficient (Wildman–Crippen LogP) is -3.99. The zero-order chi connectivity index (χ0) is 16.4. The van der Waals surface area contributed by atoms with Crippen molar-refractivity contribution >= 4 is 13.7 Å². The minimum absolute atomic E-state index is 0.818. The molecule has 0 aliphatic carbocycles. The zero-order valence-electron chi connectivity index (χ0n) is 10.9. The summed E-state index contributed by atoms with van der Waals surface area (Å²) in [7, 11) is -4.83. The highest BCUT2D eigenvalue weighted by atomic mass is 31.2. The molecular formula is C8H16NO10P. The molecule has 11 nitrogen and oxygen atoms in total. The lowest BCUT2D eigenvalue weighted by Crippen LogP contribution is -2.64. The summed E-state index contributed by atoms with van der Waals surface area (Å²) in [5.41, 5.74) is 0. The molecule has 0 aromatic rings. The van der Waals surface area contributed by atoms with Crippen molar-refractivity contribution in [2.75, 3.05) is 13.2 Å². The minimum atomic E-state index is -4.83. The van der Waals surface area contributed by atoms with Gasteiger partial charge in [0.1, 0.15) is 30.9 Å². The van der Waals surface area contributed by atoms with E-state index in [4.69, 9.17) is 21.0 Å². The Kier molecular flexibility index (Phi) is 5.43. The van der Waals surface area contributed by atoms with Crippen LogP contribution in [0.25, 0.3) is 0 Å². The van der Waals surface area contributed by atoms with Crippen molar-refractivity contribution in [3.05, 3.63) is 0 Å². The Labute approximate surface area is 114 Å². The maximum Gasteiger partial charge on any atom is 0.469 e. The molecule has 20 heavy (non-hydrogen) atoms. The van der Waals surface area contributed by atoms with E-state index in [1.807, 2.05) is 5.32 Å². The van der Waals surface area contributed by atoms with E-state index in [0.29, 0.717) is 0 Å². The Morgan fingerprint density at radius 3 is 2.45 bits per heavy atom. The number of hydrogen-bond acceptors (Lipinski definition) is 8. The van der Waals surface area contributed by atoms with Crippen LogP contribution in [0.2, 0.25) is 0 Å². The normalized spacial score (nSPS) is 37.1. The van der Waals surface area contributed by atoms with Crippen LogP contribution < -0.4 is 5.32 Å². The number of hydrogen-bond donors (Lipinski definition) is 7. The maximum absolute atomic E-state index is 11.1. The van der Waals surface area contributed by atoms with Crippen LogP contribution in [-0.4, -0.2) is 80.0 Å². The molecular weight excluding hydrogens is 301 g/mol. The first-order chi connectivity index (χ1) is 9.53. The van der Waals surface area contributed by atoms with E-state index in [-0.39, 0.29) is 0 Å². The Morgan fingerprint density at radius 1 is 1.35 bits per heavy atom. The Hall–Kier alpha value is -0.620. The van der Waals surface area contributed by atoms with Gasteiger partial charge < -0.3 is 40.3 Å². The van der Waals surface area contributed by atoms with Crippen molar-refractivity contribution in [1.29, 1.82) is 0 Å². The van der Waals surface area contributed by atoms with E-state index in [1.165, 1.54) is 0 Å². The molecule has 7 N–H and O–H groups in total. The van der Waals surface area contributed by atoms with Gasteiger partial charge in [0.25, 0.3) is 0 Å². The number of rotatable bonds is 5. The highest BCUT2D eigenvalue weighted by Gasteiger charge is 2.45. The van der Waals surface area contributed by atoms with E-state index in [1.54, 1.807) is 0 Å². The van der Waals surface area contributed by atoms with Crippen LogP contribution in [0.1, 0.15) is 1.37 Å². The number of carbonyl (C=O) groups is 1. The number of ether oxygens (including phenoxy) is 1. The van der Waals surface area contributed by atoms with Gasteiger partial charge in [0.05, 0.1) is 7.98 Å². The van der Waals surface area contributed by atoms with Crippen LogP contribution in [0.5, 0.6) is 0 Å². The number of amides is 1. The Bertz CT molecular complexity index is 416. The van der Waals surface area contributed by atoms with Gasteiger partial charge in [0.15, 0.2) is 6.29 Å². The standard InChI is InChI=1S/C8H16NO10P/c10-1-4(11)9-5-7(13)6(12)3(19-8(5)14)2-18-20(15,16)17/h3,5-8,10,12-14H,1-2H2,(H,9,11)(H2,15,16,17)/t3-,5+,6-,7-,8?/m1/s1/i1D/t1?,3-,5+,6-,7-,8?. The average molecular weight is 318 g/mol. The van der Waals surface area contributed by atoms with Crippen molar-refractivity contribution < 1.29 is 50.2 Å². The molecule has 1 saturated heterocycles. The van der Waals surface area contributed by atoms with Crippen LogP contribution in [0, 0.1) is 0 Å². The number of aliphatic hydroxyl groups is 4. The molecule has 1 aliphatic rings. The van der Waals surface area contributed by atoms with Gasteiger partial charge >= 0.3 is 7.82 Å². The SMILES string of the molecule is [2H]C(O)C(=O)N[C@@H]1C(O)O[C@H](COP(=O)(O)O)[C@@H](O)[C@@H]1O. The molecule has 1 heterocycles. The van der Waals surface area contributed by atoms with Crippen molar-refractivity contribution in [3.8, 4) is 0 Å². The van der Waals surface area contributed by atoms with Crippen LogP contribution in [0.4, 0.5) is 0 Å². The molecule has 0 aromatic carbocycles. The topological polar surface area (TPSA) is 186 Å². The lowest BCUT2D eigenvalue weighted by atomic mass is 9.97. The third-order valence-electron chi connectivity index (χ3n) is 2.55. The molecule has 0 bridgehead atoms. The molecule has 6 atom stereocenters. The van der Waals surface area contributed by atoms with E-state index in [2.05, 4.69) is 4.52 Å². The first-order valence-corrected chi connectivity index (χ1v) is 6.86. The predicted molar refractivity (Wildman–Crippen MR) is 59.9 cm³/mol. The van der Waals surface area contributed by atoms with Gasteiger partial charge in [-0.2, -0.15) is 0 Å². The monoisotopic (exact) mass is 318 g/mol. The summed E-state index contributed by atoms with van der Waals surface area (Å²) in [4.78, 5) is 28.2. The molecule has 0 spiro atoms. The Balaban J connectivity index is 2.68. The van der Waals surface area contributed by atoms with Gasteiger partial charge in [-0.25, -0.2) is 4.57 Å². The van der Waals surface area contributed by atoms with E-state index in [0.717, 1.165) is 0 Å². The smallest absolute Gasteiger partial charge is 0.388 e. The van der Waals surface area contributed by atoms with Crippen molar-refractivity contribution in [1.82, 2.24) is 5.32 Å². The first kappa shape index (κ1) is 15.8. The summed E-state index contributed by atoms with van der Waals surface area (Å²) in [6.07, 6.45) is -6.83. The quantitative estimate of drug-likeness (QED) is 0.246. The van der Waals surface area contributed by atoms with Crippen LogP contribution in [0.15, 0.2) is 0 Å². The number of aliphatic hydroxyl groups excluding tert-OH is 4. The second-order valence-electron chi connectivity index (χ2n) is 4.00. The summed E-state index contributed by atoms with van der Waals surface area (Å²) < 4.78 is 26.1. The fraction of sp³-hybridized carbons (Fsp3) is 0.875. The summed E-state index contributed by atoms with van der Waals surface area (Å²) in [6.45, 7) is -2.97. The molecule has 0 saturated carbocycles. The fourth-order valence-electron chi connectivity index (χ4n) is 1.61. The fourth-order valence-corrected chi connectivity index (χ4v) is 1.95. The molecule has 1 fully saturated rings. The second-order valence-corrected chi connectivity index (χ2v) is 5.24. The van der Waals surface area contributed by atoms with Crippen LogP contribution >= 0.6 is 7.82 Å². The maximum atomic E-state index is 11.1. The molecule has 1 aliphatic heterocycles. The lowest BCUT2D eigenvalue weighted by Gasteiger charge is -2.40. The molecule has 118 valence electrons. The molecule has 12 heteroatoms. The highest BCUT2D eigenvalue weighted by Crippen LogP contribution is 2.36. The summed E-state index contributed by atoms with van der Waals surface area (Å²) >= 11 is 0. The minimum Gasteiger partial charge on any atom is -0.388 e.